The maximum absolute atomic E-state index is 12.3. The Morgan fingerprint density at radius 2 is 2.17 bits per heavy atom. The summed E-state index contributed by atoms with van der Waals surface area (Å²) in [5.74, 6) is 0.262. The highest BCUT2D eigenvalue weighted by molar-refractivity contribution is 5.94. The highest BCUT2D eigenvalue weighted by Gasteiger charge is 2.25. The topological polar surface area (TPSA) is 55.6 Å². The molecule has 1 saturated heterocycles. The fourth-order valence-electron chi connectivity index (χ4n) is 2.24. The van der Waals surface area contributed by atoms with Crippen molar-refractivity contribution in [3.05, 3.63) is 29.8 Å². The van der Waals surface area contributed by atoms with Crippen LogP contribution < -0.4 is 10.6 Å². The molecule has 1 aromatic carbocycles. The third-order valence-electron chi connectivity index (χ3n) is 3.43. The van der Waals surface area contributed by atoms with E-state index >= 15 is 0 Å². The second-order valence-electron chi connectivity index (χ2n) is 4.66. The molecule has 1 aromatic rings. The number of nitrogens with two attached hydrogens (primary N) is 1. The minimum atomic E-state index is 0.0882. The minimum Gasteiger partial charge on any atom is -0.381 e. The fourth-order valence-corrected chi connectivity index (χ4v) is 2.24. The maximum atomic E-state index is 12.3. The van der Waals surface area contributed by atoms with Gasteiger partial charge in [-0.05, 0) is 30.5 Å². The van der Waals surface area contributed by atoms with Gasteiger partial charge in [0.1, 0.15) is 0 Å². The molecule has 4 heteroatoms. The summed E-state index contributed by atoms with van der Waals surface area (Å²) in [4.78, 5) is 14.1. The first kappa shape index (κ1) is 13.1. The van der Waals surface area contributed by atoms with Crippen LogP contribution in [0.3, 0.4) is 0 Å². The first-order valence-corrected chi connectivity index (χ1v) is 6.36. The molecule has 2 rings (SSSR count). The van der Waals surface area contributed by atoms with Crippen LogP contribution >= 0.6 is 0 Å². The van der Waals surface area contributed by atoms with Gasteiger partial charge in [0.2, 0.25) is 5.91 Å². The lowest BCUT2D eigenvalue weighted by molar-refractivity contribution is -0.124. The van der Waals surface area contributed by atoms with E-state index < -0.39 is 0 Å². The molecule has 0 spiro atoms. The second kappa shape index (κ2) is 5.98. The molecular formula is C14H20N2O2. The van der Waals surface area contributed by atoms with Crippen LogP contribution in [-0.2, 0) is 16.1 Å². The van der Waals surface area contributed by atoms with Gasteiger partial charge in [0.05, 0.1) is 0 Å². The standard InChI is InChI=1S/C14H20N2O2/c1-16(13-4-2-3-11(9-13)10-15)14(17)12-5-7-18-8-6-12/h2-4,9,12H,5-8,10,15H2,1H3. The van der Waals surface area contributed by atoms with E-state index in [1.54, 1.807) is 4.90 Å². The number of nitrogens with zero attached hydrogens (tertiary/aromatic N) is 1. The largest absolute Gasteiger partial charge is 0.381 e. The first-order chi connectivity index (χ1) is 8.72. The van der Waals surface area contributed by atoms with Crippen molar-refractivity contribution in [2.75, 3.05) is 25.2 Å². The third-order valence-corrected chi connectivity index (χ3v) is 3.43. The molecule has 0 unspecified atom stereocenters. The molecule has 1 amide bonds. The van der Waals surface area contributed by atoms with Crippen LogP contribution in [0.1, 0.15) is 18.4 Å². The summed E-state index contributed by atoms with van der Waals surface area (Å²) in [6.07, 6.45) is 1.64. The van der Waals surface area contributed by atoms with Crippen LogP contribution in [0.15, 0.2) is 24.3 Å². The Hall–Kier alpha value is -1.39. The predicted octanol–water partition coefficient (Wildman–Crippen LogP) is 1.53. The van der Waals surface area contributed by atoms with Crippen molar-refractivity contribution in [3.63, 3.8) is 0 Å². The number of hydrogen-bond donors (Lipinski definition) is 1. The fraction of sp³-hybridized carbons (Fsp3) is 0.500. The van der Waals surface area contributed by atoms with Gasteiger partial charge in [-0.3, -0.25) is 4.79 Å². The molecule has 18 heavy (non-hydrogen) atoms. The van der Waals surface area contributed by atoms with E-state index in [0.29, 0.717) is 19.8 Å². The molecule has 0 atom stereocenters. The lowest BCUT2D eigenvalue weighted by Crippen LogP contribution is -2.36. The molecule has 0 bridgehead atoms. The van der Waals surface area contributed by atoms with Crippen LogP contribution in [0, 0.1) is 5.92 Å². The van der Waals surface area contributed by atoms with Gasteiger partial charge in [-0.2, -0.15) is 0 Å². The average Bonchev–Trinajstić information content (AvgIpc) is 2.46. The molecule has 0 radical (unpaired) electrons. The van der Waals surface area contributed by atoms with Crippen LogP contribution in [0.4, 0.5) is 5.69 Å². The van der Waals surface area contributed by atoms with E-state index in [0.717, 1.165) is 24.1 Å². The second-order valence-corrected chi connectivity index (χ2v) is 4.66. The lowest BCUT2D eigenvalue weighted by atomic mass is 9.98. The Bertz CT molecular complexity index is 414. The van der Waals surface area contributed by atoms with Crippen molar-refractivity contribution in [3.8, 4) is 0 Å². The Morgan fingerprint density at radius 1 is 1.44 bits per heavy atom. The van der Waals surface area contributed by atoms with Gasteiger partial charge < -0.3 is 15.4 Å². The van der Waals surface area contributed by atoms with Crippen molar-refractivity contribution in [2.45, 2.75) is 19.4 Å². The zero-order valence-electron chi connectivity index (χ0n) is 10.8. The molecule has 1 aliphatic heterocycles. The quantitative estimate of drug-likeness (QED) is 0.882. The number of ether oxygens (including phenoxy) is 1. The molecule has 1 aliphatic rings. The summed E-state index contributed by atoms with van der Waals surface area (Å²) >= 11 is 0. The summed E-state index contributed by atoms with van der Waals surface area (Å²) in [6, 6.07) is 7.81. The molecule has 4 nitrogen and oxygen atoms in total. The van der Waals surface area contributed by atoms with Gasteiger partial charge in [0.25, 0.3) is 0 Å². The average molecular weight is 248 g/mol. The third kappa shape index (κ3) is 2.89. The van der Waals surface area contributed by atoms with Gasteiger partial charge in [-0.25, -0.2) is 0 Å². The van der Waals surface area contributed by atoms with E-state index in [1.165, 1.54) is 0 Å². The van der Waals surface area contributed by atoms with Crippen LogP contribution in [0.25, 0.3) is 0 Å². The van der Waals surface area contributed by atoms with Crippen LogP contribution in [0.5, 0.6) is 0 Å². The Kier molecular flexibility index (Phi) is 4.33. The van der Waals surface area contributed by atoms with Crippen molar-refractivity contribution in [2.24, 2.45) is 11.7 Å². The van der Waals surface area contributed by atoms with Gasteiger partial charge in [-0.1, -0.05) is 12.1 Å². The molecular weight excluding hydrogens is 228 g/mol. The zero-order chi connectivity index (χ0) is 13.0. The smallest absolute Gasteiger partial charge is 0.230 e. The maximum Gasteiger partial charge on any atom is 0.230 e. The van der Waals surface area contributed by atoms with Gasteiger partial charge >= 0.3 is 0 Å². The summed E-state index contributed by atoms with van der Waals surface area (Å²) in [6.45, 7) is 1.87. The number of benzene rings is 1. The van der Waals surface area contributed by atoms with Gasteiger partial charge in [0, 0.05) is 38.4 Å². The Balaban J connectivity index is 2.09. The van der Waals surface area contributed by atoms with Gasteiger partial charge in [0.15, 0.2) is 0 Å². The highest BCUT2D eigenvalue weighted by atomic mass is 16.5. The van der Waals surface area contributed by atoms with Crippen molar-refractivity contribution in [1.29, 1.82) is 0 Å². The predicted molar refractivity (Wildman–Crippen MR) is 71.3 cm³/mol. The minimum absolute atomic E-state index is 0.0882. The molecule has 0 saturated carbocycles. The number of amides is 1. The monoisotopic (exact) mass is 248 g/mol. The summed E-state index contributed by atoms with van der Waals surface area (Å²) in [5, 5.41) is 0. The van der Waals surface area contributed by atoms with Crippen LogP contribution in [-0.4, -0.2) is 26.2 Å². The zero-order valence-corrected chi connectivity index (χ0v) is 10.8. The van der Waals surface area contributed by atoms with E-state index in [9.17, 15) is 4.79 Å². The Labute approximate surface area is 108 Å². The molecule has 0 aliphatic carbocycles. The summed E-state index contributed by atoms with van der Waals surface area (Å²) in [5.41, 5.74) is 7.57. The number of carbonyl (C=O) groups is 1. The van der Waals surface area contributed by atoms with Crippen molar-refractivity contribution >= 4 is 11.6 Å². The molecule has 1 heterocycles. The molecule has 1 fully saturated rings. The normalized spacial score (nSPS) is 16.6. The molecule has 2 N–H and O–H groups in total. The number of carbonyl (C=O) groups excluding carboxylic acids is 1. The molecule has 0 aromatic heterocycles. The van der Waals surface area contributed by atoms with Crippen LogP contribution in [0.2, 0.25) is 0 Å². The van der Waals surface area contributed by atoms with E-state index in [1.807, 2.05) is 31.3 Å². The summed E-state index contributed by atoms with van der Waals surface area (Å²) < 4.78 is 5.28. The van der Waals surface area contributed by atoms with Crippen molar-refractivity contribution < 1.29 is 9.53 Å². The SMILES string of the molecule is CN(C(=O)C1CCOCC1)c1cccc(CN)c1. The van der Waals surface area contributed by atoms with Crippen molar-refractivity contribution in [1.82, 2.24) is 0 Å². The number of rotatable bonds is 3. The van der Waals surface area contributed by atoms with E-state index in [4.69, 9.17) is 10.5 Å². The lowest BCUT2D eigenvalue weighted by Gasteiger charge is -2.26. The number of anilines is 1. The Morgan fingerprint density at radius 3 is 2.83 bits per heavy atom. The molecule has 98 valence electrons. The highest BCUT2D eigenvalue weighted by Crippen LogP contribution is 2.22. The first-order valence-electron chi connectivity index (χ1n) is 6.36. The number of hydrogen-bond acceptors (Lipinski definition) is 3. The van der Waals surface area contributed by atoms with E-state index in [-0.39, 0.29) is 11.8 Å². The van der Waals surface area contributed by atoms with Gasteiger partial charge in [-0.15, -0.1) is 0 Å². The summed E-state index contributed by atoms with van der Waals surface area (Å²) in [7, 11) is 1.83. The van der Waals surface area contributed by atoms with E-state index in [2.05, 4.69) is 0 Å².